The number of aromatic nitrogens is 3. The first-order valence-corrected chi connectivity index (χ1v) is 8.51. The van der Waals surface area contributed by atoms with Crippen molar-refractivity contribution in [3.05, 3.63) is 50.9 Å². The highest BCUT2D eigenvalue weighted by Crippen LogP contribution is 2.30. The van der Waals surface area contributed by atoms with E-state index in [2.05, 4.69) is 52.6 Å². The van der Waals surface area contributed by atoms with Crippen LogP contribution in [0.1, 0.15) is 5.56 Å². The number of nitrogens with one attached hydrogen (secondary N) is 1. The number of nitrogens with zero attached hydrogens (tertiary/aromatic N) is 4. The lowest BCUT2D eigenvalue weighted by molar-refractivity contribution is 0.474. The molecule has 0 bridgehead atoms. The average Bonchev–Trinajstić information content (AvgIpc) is 2.94. The van der Waals surface area contributed by atoms with Gasteiger partial charge in [-0.2, -0.15) is 5.10 Å². The van der Waals surface area contributed by atoms with Crippen LogP contribution in [0.3, 0.4) is 0 Å². The van der Waals surface area contributed by atoms with E-state index in [1.165, 1.54) is 17.0 Å². The van der Waals surface area contributed by atoms with E-state index in [0.717, 1.165) is 8.95 Å². The molecule has 1 aromatic heterocycles. The van der Waals surface area contributed by atoms with Crippen LogP contribution >= 0.6 is 31.9 Å². The van der Waals surface area contributed by atoms with Crippen molar-refractivity contribution in [2.45, 2.75) is 0 Å². The molecule has 5 N–H and O–H groups in total. The standard InChI is InChI=1S/C15H12Br2N6O2/c16-9-1-3-12(24)8(5-9)7-19-21-15-22-20-14(23(15)18)11-6-10(17)2-4-13(11)25/h1-7,24-25H,18H2,(H,21,22)/b19-7+. The van der Waals surface area contributed by atoms with Crippen LogP contribution in [0.25, 0.3) is 11.4 Å². The van der Waals surface area contributed by atoms with Gasteiger partial charge in [0.1, 0.15) is 11.5 Å². The van der Waals surface area contributed by atoms with Crippen molar-refractivity contribution < 1.29 is 10.2 Å². The maximum Gasteiger partial charge on any atom is 0.264 e. The molecule has 0 aliphatic carbocycles. The molecule has 2 aromatic carbocycles. The highest BCUT2D eigenvalue weighted by molar-refractivity contribution is 9.10. The van der Waals surface area contributed by atoms with Crippen molar-refractivity contribution in [2.24, 2.45) is 5.10 Å². The molecule has 0 fully saturated rings. The first-order valence-electron chi connectivity index (χ1n) is 6.92. The third-order valence-corrected chi connectivity index (χ3v) is 4.24. The minimum atomic E-state index is 0.0245. The summed E-state index contributed by atoms with van der Waals surface area (Å²) >= 11 is 6.65. The Bertz CT molecular complexity index is 957. The molecule has 0 saturated carbocycles. The predicted molar refractivity (Wildman–Crippen MR) is 102 cm³/mol. The molecule has 8 nitrogen and oxygen atoms in total. The van der Waals surface area contributed by atoms with Crippen molar-refractivity contribution >= 4 is 44.0 Å². The monoisotopic (exact) mass is 466 g/mol. The van der Waals surface area contributed by atoms with Crippen molar-refractivity contribution in [3.63, 3.8) is 0 Å². The summed E-state index contributed by atoms with van der Waals surface area (Å²) in [7, 11) is 0. The van der Waals surface area contributed by atoms with Gasteiger partial charge in [-0.25, -0.2) is 10.1 Å². The van der Waals surface area contributed by atoms with Gasteiger partial charge in [0.05, 0.1) is 11.8 Å². The maximum atomic E-state index is 9.96. The van der Waals surface area contributed by atoms with Crippen molar-refractivity contribution in [2.75, 3.05) is 11.3 Å². The molecule has 0 unspecified atom stereocenters. The van der Waals surface area contributed by atoms with E-state index in [4.69, 9.17) is 5.84 Å². The summed E-state index contributed by atoms with van der Waals surface area (Å²) in [5, 5.41) is 31.6. The van der Waals surface area contributed by atoms with E-state index in [1.54, 1.807) is 30.3 Å². The molecule has 0 atom stereocenters. The lowest BCUT2D eigenvalue weighted by atomic mass is 10.2. The highest BCUT2D eigenvalue weighted by Gasteiger charge is 2.15. The Balaban J connectivity index is 1.83. The number of nitrogen functional groups attached to an aromatic ring is 1. The Labute approximate surface area is 159 Å². The summed E-state index contributed by atoms with van der Waals surface area (Å²) in [6.45, 7) is 0. The fraction of sp³-hybridized carbons (Fsp3) is 0. The summed E-state index contributed by atoms with van der Waals surface area (Å²) in [6, 6.07) is 9.87. The molecular weight excluding hydrogens is 456 g/mol. The number of hydrogen-bond donors (Lipinski definition) is 4. The Kier molecular flexibility index (Phi) is 4.91. The smallest absolute Gasteiger partial charge is 0.264 e. The summed E-state index contributed by atoms with van der Waals surface area (Å²) in [4.78, 5) is 0. The lowest BCUT2D eigenvalue weighted by Gasteiger charge is -2.05. The van der Waals surface area contributed by atoms with Gasteiger partial charge in [0.15, 0.2) is 5.82 Å². The average molecular weight is 468 g/mol. The molecule has 0 saturated heterocycles. The number of rotatable bonds is 4. The zero-order valence-corrected chi connectivity index (χ0v) is 15.7. The van der Waals surface area contributed by atoms with Crippen LogP contribution in [-0.4, -0.2) is 31.3 Å². The Morgan fingerprint density at radius 2 is 1.72 bits per heavy atom. The molecule has 0 spiro atoms. The van der Waals surface area contributed by atoms with Crippen molar-refractivity contribution in [1.82, 2.24) is 14.9 Å². The molecule has 0 aliphatic heterocycles. The fourth-order valence-electron chi connectivity index (χ4n) is 2.03. The first kappa shape index (κ1) is 17.2. The van der Waals surface area contributed by atoms with Crippen LogP contribution in [0.5, 0.6) is 11.5 Å². The molecule has 25 heavy (non-hydrogen) atoms. The molecule has 3 rings (SSSR count). The Morgan fingerprint density at radius 1 is 1.04 bits per heavy atom. The second-order valence-corrected chi connectivity index (χ2v) is 6.78. The molecule has 3 aromatic rings. The zero-order chi connectivity index (χ0) is 18.0. The molecule has 0 radical (unpaired) electrons. The number of aromatic hydroxyl groups is 2. The first-order chi connectivity index (χ1) is 12.0. The molecule has 0 amide bonds. The summed E-state index contributed by atoms with van der Waals surface area (Å²) in [5.74, 6) is 6.50. The molecule has 128 valence electrons. The SMILES string of the molecule is Nn1c(N/N=C/c2cc(Br)ccc2O)nnc1-c1cc(Br)ccc1O. The van der Waals surface area contributed by atoms with E-state index in [-0.39, 0.29) is 23.3 Å². The van der Waals surface area contributed by atoms with E-state index < -0.39 is 0 Å². The summed E-state index contributed by atoms with van der Waals surface area (Å²) < 4.78 is 2.74. The number of phenolic OH excluding ortho intramolecular Hbond substituents is 2. The van der Waals surface area contributed by atoms with Crippen LogP contribution in [0.2, 0.25) is 0 Å². The number of phenols is 2. The minimum Gasteiger partial charge on any atom is -0.507 e. The van der Waals surface area contributed by atoms with Gasteiger partial charge in [-0.1, -0.05) is 31.9 Å². The number of hydrazone groups is 1. The normalized spacial score (nSPS) is 11.1. The topological polar surface area (TPSA) is 122 Å². The number of benzene rings is 2. The van der Waals surface area contributed by atoms with Crippen LogP contribution in [0, 0.1) is 0 Å². The summed E-state index contributed by atoms with van der Waals surface area (Å²) in [5.41, 5.74) is 3.58. The van der Waals surface area contributed by atoms with Gasteiger partial charge in [-0.05, 0) is 36.4 Å². The maximum absolute atomic E-state index is 9.96. The number of hydrogen-bond acceptors (Lipinski definition) is 7. The Hall–Kier alpha value is -2.59. The van der Waals surface area contributed by atoms with Crippen LogP contribution in [0.15, 0.2) is 50.4 Å². The number of halogens is 2. The van der Waals surface area contributed by atoms with Gasteiger partial charge in [0.2, 0.25) is 0 Å². The number of anilines is 1. The third kappa shape index (κ3) is 3.74. The molecule has 0 aliphatic rings. The minimum absolute atomic E-state index is 0.0245. The zero-order valence-electron chi connectivity index (χ0n) is 12.6. The second-order valence-electron chi connectivity index (χ2n) is 4.95. The van der Waals surface area contributed by atoms with Gasteiger partial charge in [0, 0.05) is 14.5 Å². The quantitative estimate of drug-likeness (QED) is 0.266. The van der Waals surface area contributed by atoms with E-state index >= 15 is 0 Å². The van der Waals surface area contributed by atoms with Crippen LogP contribution in [-0.2, 0) is 0 Å². The lowest BCUT2D eigenvalue weighted by Crippen LogP contribution is -2.13. The van der Waals surface area contributed by atoms with Gasteiger partial charge >= 0.3 is 0 Å². The predicted octanol–water partition coefficient (Wildman–Crippen LogP) is 3.04. The van der Waals surface area contributed by atoms with Gasteiger partial charge < -0.3 is 16.1 Å². The fourth-order valence-corrected chi connectivity index (χ4v) is 2.77. The van der Waals surface area contributed by atoms with E-state index in [1.807, 2.05) is 0 Å². The van der Waals surface area contributed by atoms with Crippen molar-refractivity contribution in [3.8, 4) is 22.9 Å². The van der Waals surface area contributed by atoms with Gasteiger partial charge in [-0.3, -0.25) is 0 Å². The van der Waals surface area contributed by atoms with E-state index in [9.17, 15) is 10.2 Å². The highest BCUT2D eigenvalue weighted by atomic mass is 79.9. The largest absolute Gasteiger partial charge is 0.507 e. The molecule has 10 heteroatoms. The van der Waals surface area contributed by atoms with Crippen LogP contribution in [0.4, 0.5) is 5.95 Å². The number of nitrogens with two attached hydrogens (primary N) is 1. The molecule has 1 heterocycles. The summed E-state index contributed by atoms with van der Waals surface area (Å²) in [6.07, 6.45) is 1.42. The van der Waals surface area contributed by atoms with E-state index in [0.29, 0.717) is 11.1 Å². The molecular formula is C15H12Br2N6O2. The third-order valence-electron chi connectivity index (χ3n) is 3.25. The van der Waals surface area contributed by atoms with Gasteiger partial charge in [-0.15, -0.1) is 10.2 Å². The Morgan fingerprint density at radius 3 is 2.48 bits per heavy atom. The second kappa shape index (κ2) is 7.11. The van der Waals surface area contributed by atoms with Gasteiger partial charge in [0.25, 0.3) is 5.95 Å². The van der Waals surface area contributed by atoms with Crippen molar-refractivity contribution in [1.29, 1.82) is 0 Å². The van der Waals surface area contributed by atoms with Crippen LogP contribution < -0.4 is 11.3 Å².